The smallest absolute Gasteiger partial charge is 0.253 e. The van der Waals surface area contributed by atoms with Crippen LogP contribution >= 0.6 is 0 Å². The lowest BCUT2D eigenvalue weighted by atomic mass is 10.0. The molecule has 1 fully saturated rings. The van der Waals surface area contributed by atoms with Gasteiger partial charge in [0.15, 0.2) is 0 Å². The first-order chi connectivity index (χ1) is 17.1. The first-order valence-electron chi connectivity index (χ1n) is 12.2. The zero-order valence-electron chi connectivity index (χ0n) is 20.7. The summed E-state index contributed by atoms with van der Waals surface area (Å²) in [6, 6.07) is 7.95. The van der Waals surface area contributed by atoms with Crippen molar-refractivity contribution in [1.29, 1.82) is 0 Å². The topological polar surface area (TPSA) is 93.5 Å². The van der Waals surface area contributed by atoms with Crippen molar-refractivity contribution >= 4 is 11.7 Å². The van der Waals surface area contributed by atoms with E-state index in [4.69, 9.17) is 9.47 Å². The van der Waals surface area contributed by atoms with E-state index in [-0.39, 0.29) is 11.9 Å². The molecule has 2 aromatic heterocycles. The molecule has 3 heterocycles. The van der Waals surface area contributed by atoms with Crippen molar-refractivity contribution in [3.63, 3.8) is 0 Å². The number of pyridine rings is 1. The number of benzene rings is 1. The average molecular weight is 479 g/mol. The number of nitrogens with one attached hydrogen (secondary N) is 2. The summed E-state index contributed by atoms with van der Waals surface area (Å²) in [5.74, 6) is 2.24. The van der Waals surface area contributed by atoms with Gasteiger partial charge in [0, 0.05) is 51.3 Å². The number of likely N-dealkylation sites (tertiary alicyclic amines) is 1. The highest BCUT2D eigenvalue weighted by Crippen LogP contribution is 2.35. The molecule has 3 aromatic rings. The van der Waals surface area contributed by atoms with Gasteiger partial charge in [0.2, 0.25) is 0 Å². The number of aromatic nitrogens is 3. The molecule has 0 spiro atoms. The maximum absolute atomic E-state index is 12.6. The van der Waals surface area contributed by atoms with Gasteiger partial charge >= 0.3 is 0 Å². The lowest BCUT2D eigenvalue weighted by Gasteiger charge is -2.32. The van der Waals surface area contributed by atoms with E-state index in [1.54, 1.807) is 31.8 Å². The average Bonchev–Trinajstić information content (AvgIpc) is 3.40. The third kappa shape index (κ3) is 6.10. The third-order valence-electron chi connectivity index (χ3n) is 6.07. The van der Waals surface area contributed by atoms with Crippen molar-refractivity contribution in [3.8, 4) is 17.2 Å². The summed E-state index contributed by atoms with van der Waals surface area (Å²) in [4.78, 5) is 23.4. The molecule has 1 aliphatic heterocycles. The van der Waals surface area contributed by atoms with Crippen LogP contribution in [0.2, 0.25) is 0 Å². The number of amides is 1. The van der Waals surface area contributed by atoms with E-state index in [0.717, 1.165) is 61.0 Å². The summed E-state index contributed by atoms with van der Waals surface area (Å²) < 4.78 is 13.9. The van der Waals surface area contributed by atoms with Crippen LogP contribution in [0.3, 0.4) is 0 Å². The molecule has 2 N–H and O–H groups in total. The van der Waals surface area contributed by atoms with Crippen LogP contribution in [0.1, 0.15) is 42.6 Å². The molecular formula is C26H34N6O3. The van der Waals surface area contributed by atoms with Crippen molar-refractivity contribution in [2.75, 3.05) is 38.7 Å². The molecule has 9 heteroatoms. The number of piperidine rings is 1. The Morgan fingerprint density at radius 3 is 2.37 bits per heavy atom. The molecule has 0 unspecified atom stereocenters. The number of nitrogens with zero attached hydrogens (tertiary/aromatic N) is 4. The van der Waals surface area contributed by atoms with Crippen molar-refractivity contribution < 1.29 is 14.3 Å². The standard InChI is InChI=1S/C26H34N6O3/c1-4-34-22-14-19(15-23(35-5-2)25(22)32-13-10-28-18-32)17-31-11-8-21(9-12-31)30-26(33)20-6-7-24(27-3)29-16-20/h6-7,10,13-16,18,21H,4-5,8-9,11-12,17H2,1-3H3,(H,27,29)(H,30,33). The molecule has 0 aliphatic carbocycles. The summed E-state index contributed by atoms with van der Waals surface area (Å²) in [6.07, 6.45) is 8.80. The van der Waals surface area contributed by atoms with Crippen LogP contribution in [0.25, 0.3) is 5.69 Å². The predicted molar refractivity (Wildman–Crippen MR) is 135 cm³/mol. The van der Waals surface area contributed by atoms with Crippen LogP contribution in [0.4, 0.5) is 5.82 Å². The highest BCUT2D eigenvalue weighted by atomic mass is 16.5. The molecular weight excluding hydrogens is 444 g/mol. The number of hydrogen-bond acceptors (Lipinski definition) is 7. The molecule has 1 aromatic carbocycles. The van der Waals surface area contributed by atoms with Crippen LogP contribution in [0, 0.1) is 0 Å². The van der Waals surface area contributed by atoms with Gasteiger partial charge in [-0.15, -0.1) is 0 Å². The van der Waals surface area contributed by atoms with Gasteiger partial charge in [-0.1, -0.05) is 0 Å². The van der Waals surface area contributed by atoms with Gasteiger partial charge < -0.3 is 20.1 Å². The fourth-order valence-electron chi connectivity index (χ4n) is 4.34. The summed E-state index contributed by atoms with van der Waals surface area (Å²) in [7, 11) is 1.80. The maximum atomic E-state index is 12.6. The van der Waals surface area contributed by atoms with Gasteiger partial charge in [-0.3, -0.25) is 14.3 Å². The fraction of sp³-hybridized carbons (Fsp3) is 0.423. The number of anilines is 1. The van der Waals surface area contributed by atoms with E-state index in [9.17, 15) is 4.79 Å². The number of hydrogen-bond donors (Lipinski definition) is 2. The Hall–Kier alpha value is -3.59. The highest BCUT2D eigenvalue weighted by molar-refractivity contribution is 5.94. The van der Waals surface area contributed by atoms with Crippen LogP contribution in [0.5, 0.6) is 11.5 Å². The van der Waals surface area contributed by atoms with Crippen molar-refractivity contribution in [3.05, 3.63) is 60.3 Å². The SMILES string of the molecule is CCOc1cc(CN2CCC(NC(=O)c3ccc(NC)nc3)CC2)cc(OCC)c1-n1ccnc1. The molecule has 35 heavy (non-hydrogen) atoms. The number of imidazole rings is 1. The zero-order chi connectivity index (χ0) is 24.6. The van der Waals surface area contributed by atoms with Crippen LogP contribution < -0.4 is 20.1 Å². The van der Waals surface area contributed by atoms with Crippen molar-refractivity contribution in [2.45, 2.75) is 39.3 Å². The van der Waals surface area contributed by atoms with E-state index < -0.39 is 0 Å². The first kappa shape index (κ1) is 24.5. The van der Waals surface area contributed by atoms with Gasteiger partial charge in [-0.2, -0.15) is 0 Å². The Morgan fingerprint density at radius 1 is 1.11 bits per heavy atom. The zero-order valence-corrected chi connectivity index (χ0v) is 20.7. The minimum absolute atomic E-state index is 0.0728. The quantitative estimate of drug-likeness (QED) is 0.461. The molecule has 0 saturated carbocycles. The predicted octanol–water partition coefficient (Wildman–Crippen LogP) is 3.50. The van der Waals surface area contributed by atoms with E-state index in [2.05, 4.69) is 37.6 Å². The van der Waals surface area contributed by atoms with Gasteiger partial charge in [0.25, 0.3) is 5.91 Å². The summed E-state index contributed by atoms with van der Waals surface area (Å²) in [6.45, 7) is 7.69. The number of ether oxygens (including phenoxy) is 2. The van der Waals surface area contributed by atoms with Gasteiger partial charge in [-0.25, -0.2) is 9.97 Å². The Morgan fingerprint density at radius 2 is 1.83 bits per heavy atom. The molecule has 1 saturated heterocycles. The monoisotopic (exact) mass is 478 g/mol. The fourth-order valence-corrected chi connectivity index (χ4v) is 4.34. The van der Waals surface area contributed by atoms with E-state index in [0.29, 0.717) is 18.8 Å². The second kappa shape index (κ2) is 11.7. The second-order valence-corrected chi connectivity index (χ2v) is 8.48. The Kier molecular flexibility index (Phi) is 8.20. The minimum atomic E-state index is -0.0728. The van der Waals surface area contributed by atoms with Crippen LogP contribution in [-0.2, 0) is 6.54 Å². The van der Waals surface area contributed by atoms with Gasteiger partial charge in [0.1, 0.15) is 23.0 Å². The van der Waals surface area contributed by atoms with Gasteiger partial charge in [-0.05, 0) is 56.5 Å². The molecule has 9 nitrogen and oxygen atoms in total. The Labute approximate surface area is 206 Å². The number of carbonyl (C=O) groups is 1. The summed E-state index contributed by atoms with van der Waals surface area (Å²) >= 11 is 0. The largest absolute Gasteiger partial charge is 0.492 e. The van der Waals surface area contributed by atoms with Crippen molar-refractivity contribution in [1.82, 2.24) is 24.8 Å². The maximum Gasteiger partial charge on any atom is 0.253 e. The summed E-state index contributed by atoms with van der Waals surface area (Å²) in [5, 5.41) is 6.12. The third-order valence-corrected chi connectivity index (χ3v) is 6.07. The first-order valence-corrected chi connectivity index (χ1v) is 12.2. The number of rotatable bonds is 10. The molecule has 0 atom stereocenters. The van der Waals surface area contributed by atoms with Crippen LogP contribution in [-0.4, -0.2) is 64.7 Å². The second-order valence-electron chi connectivity index (χ2n) is 8.48. The van der Waals surface area contributed by atoms with Crippen LogP contribution in [0.15, 0.2) is 49.2 Å². The summed E-state index contributed by atoms with van der Waals surface area (Å²) in [5.41, 5.74) is 2.59. The normalized spacial score (nSPS) is 14.5. The number of carbonyl (C=O) groups excluding carboxylic acids is 1. The minimum Gasteiger partial charge on any atom is -0.492 e. The molecule has 0 bridgehead atoms. The molecule has 1 aliphatic rings. The lowest BCUT2D eigenvalue weighted by Crippen LogP contribution is -2.44. The van der Waals surface area contributed by atoms with E-state index >= 15 is 0 Å². The Bertz CT molecular complexity index is 1070. The van der Waals surface area contributed by atoms with E-state index in [1.165, 1.54) is 0 Å². The van der Waals surface area contributed by atoms with Gasteiger partial charge in [0.05, 0.1) is 25.1 Å². The molecule has 4 rings (SSSR count). The Balaban J connectivity index is 1.39. The molecule has 1 amide bonds. The molecule has 0 radical (unpaired) electrons. The lowest BCUT2D eigenvalue weighted by molar-refractivity contribution is 0.0908. The highest BCUT2D eigenvalue weighted by Gasteiger charge is 2.23. The van der Waals surface area contributed by atoms with Crippen molar-refractivity contribution in [2.24, 2.45) is 0 Å². The molecule has 186 valence electrons. The van der Waals surface area contributed by atoms with E-state index in [1.807, 2.05) is 30.7 Å².